The smallest absolute Gasteiger partial charge is 0.304 e. The summed E-state index contributed by atoms with van der Waals surface area (Å²) in [6.45, 7) is 0. The maximum Gasteiger partial charge on any atom is 0.310 e. The molecule has 25 heavy (non-hydrogen) atoms. The summed E-state index contributed by atoms with van der Waals surface area (Å²) in [4.78, 5) is 14.3. The molecule has 2 aromatic heterocycles. The Morgan fingerprint density at radius 3 is 2.28 bits per heavy atom. The summed E-state index contributed by atoms with van der Waals surface area (Å²) in [5.41, 5.74) is 1.60. The number of carbonyl (C=O) groups excluding carboxylic acids is 1. The van der Waals surface area contributed by atoms with Gasteiger partial charge in [-0.25, -0.2) is 4.98 Å². The zero-order valence-corrected chi connectivity index (χ0v) is 13.5. The average molecular weight is 376 g/mol. The molecular weight excluding hydrogens is 363 g/mol. The maximum absolute atomic E-state index is 12.7. The van der Waals surface area contributed by atoms with E-state index in [2.05, 4.69) is 4.98 Å². The van der Waals surface area contributed by atoms with Gasteiger partial charge in [0.25, 0.3) is 0 Å². The number of nitrogens with zero attached hydrogens (tertiary/aromatic N) is 2. The van der Waals surface area contributed by atoms with Gasteiger partial charge in [0.05, 0.1) is 0 Å². The molecule has 9 heteroatoms. The molecule has 0 aliphatic heterocycles. The molecule has 0 bridgehead atoms. The van der Waals surface area contributed by atoms with Gasteiger partial charge in [-0.2, -0.15) is 0 Å². The molecule has 0 aliphatic carbocycles. The zero-order chi connectivity index (χ0) is 18.4. The normalized spacial score (nSPS) is 14.9. The van der Waals surface area contributed by atoms with E-state index in [4.69, 9.17) is 0 Å². The molecule has 1 aromatic carbocycles. The van der Waals surface area contributed by atoms with Crippen molar-refractivity contribution >= 4 is 21.7 Å². The van der Waals surface area contributed by atoms with Crippen molar-refractivity contribution in [2.75, 3.05) is 0 Å². The molecule has 0 radical (unpaired) electrons. The van der Waals surface area contributed by atoms with E-state index < -0.39 is 15.1 Å². The topological polar surface area (TPSA) is 34.4 Å². The molecule has 0 N–H and O–H groups in total. The van der Waals surface area contributed by atoms with Crippen LogP contribution in [-0.4, -0.2) is 15.2 Å². The lowest BCUT2D eigenvalue weighted by Gasteiger charge is -2.40. The number of benzene rings is 1. The summed E-state index contributed by atoms with van der Waals surface area (Å²) in [5.74, 6) is -0.249. The number of ketones is 1. The van der Waals surface area contributed by atoms with Crippen molar-refractivity contribution in [3.8, 4) is 0 Å². The molecular formula is C16H13F5N2OS. The monoisotopic (exact) mass is 376 g/mol. The molecule has 0 aliphatic rings. The van der Waals surface area contributed by atoms with Crippen molar-refractivity contribution in [2.45, 2.75) is 17.7 Å². The maximum atomic E-state index is 12.7. The van der Waals surface area contributed by atoms with Crippen molar-refractivity contribution in [1.29, 1.82) is 0 Å². The quantitative estimate of drug-likeness (QED) is 0.563. The van der Waals surface area contributed by atoms with Crippen LogP contribution in [0.1, 0.15) is 11.3 Å². The van der Waals surface area contributed by atoms with Crippen LogP contribution in [0.3, 0.4) is 0 Å². The Labute approximate surface area is 139 Å². The molecule has 134 valence electrons. The molecule has 0 fully saturated rings. The summed E-state index contributed by atoms with van der Waals surface area (Å²) >= 11 is 0. The number of pyridine rings is 1. The van der Waals surface area contributed by atoms with Crippen molar-refractivity contribution in [3.63, 3.8) is 0 Å². The van der Waals surface area contributed by atoms with Gasteiger partial charge >= 0.3 is 10.2 Å². The summed E-state index contributed by atoms with van der Waals surface area (Å²) in [6, 6.07) is 7.71. The molecule has 0 saturated heterocycles. The second-order valence-electron chi connectivity index (χ2n) is 5.68. The molecule has 3 rings (SSSR count). The van der Waals surface area contributed by atoms with Crippen LogP contribution >= 0.6 is 10.2 Å². The van der Waals surface area contributed by atoms with E-state index in [1.807, 2.05) is 0 Å². The van der Waals surface area contributed by atoms with Crippen LogP contribution in [0.5, 0.6) is 0 Å². The lowest BCUT2D eigenvalue weighted by Crippen LogP contribution is -2.10. The Hall–Kier alpha value is -2.42. The fourth-order valence-electron chi connectivity index (χ4n) is 2.51. The molecule has 0 atom stereocenters. The first-order valence-corrected chi connectivity index (χ1v) is 9.13. The third-order valence-electron chi connectivity index (χ3n) is 3.66. The predicted octanol–water partition coefficient (Wildman–Crippen LogP) is 5.35. The highest BCUT2D eigenvalue weighted by Crippen LogP contribution is 3.02. The van der Waals surface area contributed by atoms with Crippen LogP contribution in [0.4, 0.5) is 19.4 Å². The predicted molar refractivity (Wildman–Crippen MR) is 85.4 cm³/mol. The third kappa shape index (κ3) is 3.98. The number of hydrogen-bond donors (Lipinski definition) is 0. The Morgan fingerprint density at radius 2 is 1.64 bits per heavy atom. The van der Waals surface area contributed by atoms with Gasteiger partial charge in [0.1, 0.15) is 16.3 Å². The molecule has 0 unspecified atom stereocenters. The van der Waals surface area contributed by atoms with E-state index in [0.29, 0.717) is 23.5 Å². The Kier molecular flexibility index (Phi) is 3.51. The van der Waals surface area contributed by atoms with Crippen molar-refractivity contribution in [1.82, 2.24) is 9.38 Å². The fourth-order valence-corrected chi connectivity index (χ4v) is 3.16. The van der Waals surface area contributed by atoms with Gasteiger partial charge < -0.3 is 4.40 Å². The highest BCUT2D eigenvalue weighted by atomic mass is 32.5. The number of rotatable bonds is 5. The highest BCUT2D eigenvalue weighted by molar-refractivity contribution is 8.45. The SMILES string of the molecule is O=C(Cc1ccc(S(F)(F)(F)(F)F)cc1)Cc1cccc2nccn12. The van der Waals surface area contributed by atoms with E-state index in [1.165, 1.54) is 0 Å². The van der Waals surface area contributed by atoms with E-state index in [1.54, 1.807) is 35.0 Å². The standard InChI is InChI=1S/C16H13F5N2OS/c17-25(18,19,20,21)15-6-4-12(5-7-15)10-14(24)11-13-2-1-3-16-22-8-9-23(13)16/h1-9H,10-11H2. The van der Waals surface area contributed by atoms with Crippen molar-refractivity contribution in [2.24, 2.45) is 0 Å². The van der Waals surface area contributed by atoms with Crippen LogP contribution in [-0.2, 0) is 17.6 Å². The summed E-state index contributed by atoms with van der Waals surface area (Å²) in [7, 11) is -9.68. The number of aromatic nitrogens is 2. The second kappa shape index (κ2) is 5.04. The molecule has 3 aromatic rings. The van der Waals surface area contributed by atoms with Gasteiger partial charge in [-0.1, -0.05) is 37.6 Å². The molecule has 2 heterocycles. The highest BCUT2D eigenvalue weighted by Gasteiger charge is 2.65. The Balaban J connectivity index is 1.75. The number of fused-ring (bicyclic) bond motifs is 1. The first-order chi connectivity index (χ1) is 11.4. The Morgan fingerprint density at radius 1 is 0.960 bits per heavy atom. The van der Waals surface area contributed by atoms with Crippen LogP contribution in [0, 0.1) is 0 Å². The van der Waals surface area contributed by atoms with Crippen LogP contribution < -0.4 is 0 Å². The van der Waals surface area contributed by atoms with E-state index in [0.717, 1.165) is 12.1 Å². The molecule has 0 amide bonds. The van der Waals surface area contributed by atoms with Crippen LogP contribution in [0.25, 0.3) is 5.65 Å². The Bertz CT molecular complexity index is 949. The average Bonchev–Trinajstić information content (AvgIpc) is 2.95. The summed E-state index contributed by atoms with van der Waals surface area (Å²) in [6.07, 6.45) is 3.19. The van der Waals surface area contributed by atoms with Gasteiger partial charge in [0, 0.05) is 30.9 Å². The van der Waals surface area contributed by atoms with Gasteiger partial charge in [-0.3, -0.25) is 4.79 Å². The summed E-state index contributed by atoms with van der Waals surface area (Å²) < 4.78 is 65.1. The van der Waals surface area contributed by atoms with Crippen LogP contribution in [0.2, 0.25) is 0 Å². The third-order valence-corrected chi connectivity index (χ3v) is 4.82. The summed E-state index contributed by atoms with van der Waals surface area (Å²) in [5, 5.41) is 0. The number of carbonyl (C=O) groups is 1. The van der Waals surface area contributed by atoms with E-state index >= 15 is 0 Å². The first kappa shape index (κ1) is 17.4. The minimum absolute atomic E-state index is 0.0526. The molecule has 0 spiro atoms. The largest absolute Gasteiger partial charge is 0.310 e. The number of halogens is 5. The lowest BCUT2D eigenvalue weighted by molar-refractivity contribution is -0.117. The van der Waals surface area contributed by atoms with Gasteiger partial charge in [0.2, 0.25) is 0 Å². The lowest BCUT2D eigenvalue weighted by atomic mass is 10.1. The number of Topliss-reactive ketones (excluding diaryl/α,β-unsaturated/α-hetero) is 1. The van der Waals surface area contributed by atoms with Gasteiger partial charge in [0.15, 0.2) is 0 Å². The number of hydrogen-bond acceptors (Lipinski definition) is 2. The number of imidazole rings is 1. The van der Waals surface area contributed by atoms with Gasteiger partial charge in [-0.05, 0) is 29.8 Å². The first-order valence-electron chi connectivity index (χ1n) is 7.18. The minimum Gasteiger partial charge on any atom is -0.304 e. The van der Waals surface area contributed by atoms with E-state index in [9.17, 15) is 24.2 Å². The van der Waals surface area contributed by atoms with Crippen molar-refractivity contribution in [3.05, 3.63) is 66.1 Å². The van der Waals surface area contributed by atoms with Crippen LogP contribution in [0.15, 0.2) is 59.8 Å². The fraction of sp³-hybridized carbons (Fsp3) is 0.125. The van der Waals surface area contributed by atoms with Gasteiger partial charge in [-0.15, -0.1) is 0 Å². The zero-order valence-electron chi connectivity index (χ0n) is 12.7. The second-order valence-corrected chi connectivity index (χ2v) is 8.09. The minimum atomic E-state index is -9.68. The van der Waals surface area contributed by atoms with E-state index in [-0.39, 0.29) is 24.2 Å². The van der Waals surface area contributed by atoms with Crippen molar-refractivity contribution < 1.29 is 24.2 Å². The molecule has 3 nitrogen and oxygen atoms in total. The molecule has 0 saturated carbocycles.